The normalized spacial score (nSPS) is 13.2. The van der Waals surface area contributed by atoms with Gasteiger partial charge in [0.05, 0.1) is 0 Å². The quantitative estimate of drug-likeness (QED) is 0.292. The molecule has 5 nitrogen and oxygen atoms in total. The molecule has 0 spiro atoms. The van der Waals surface area contributed by atoms with E-state index in [1.165, 1.54) is 0 Å². The smallest absolute Gasteiger partial charge is 0.226 e. The summed E-state index contributed by atoms with van der Waals surface area (Å²) in [5.74, 6) is 1.73. The van der Waals surface area contributed by atoms with E-state index in [-0.39, 0.29) is 16.9 Å². The highest BCUT2D eigenvalue weighted by molar-refractivity contribution is 5.63. The Morgan fingerprint density at radius 1 is 0.972 bits per heavy atom. The Kier molecular flexibility index (Phi) is 8.89. The molecule has 0 amide bonds. The number of benzene rings is 2. The molecule has 5 heteroatoms. The summed E-state index contributed by atoms with van der Waals surface area (Å²) >= 11 is 0. The second-order valence-corrected chi connectivity index (χ2v) is 11.8. The van der Waals surface area contributed by atoms with E-state index in [0.717, 1.165) is 60.5 Å². The van der Waals surface area contributed by atoms with E-state index in [0.29, 0.717) is 11.6 Å². The van der Waals surface area contributed by atoms with Gasteiger partial charge in [-0.3, -0.25) is 0 Å². The van der Waals surface area contributed by atoms with Crippen LogP contribution in [0.3, 0.4) is 0 Å². The molecule has 0 fully saturated rings. The molecule has 0 bridgehead atoms. The molecule has 2 aromatic carbocycles. The van der Waals surface area contributed by atoms with Crippen molar-refractivity contribution < 1.29 is 14.3 Å². The van der Waals surface area contributed by atoms with Crippen LogP contribution in [-0.2, 0) is 10.8 Å². The number of phenols is 1. The van der Waals surface area contributed by atoms with Crippen LogP contribution in [0.2, 0.25) is 0 Å². The molecular weight excluding hydrogens is 448 g/mol. The van der Waals surface area contributed by atoms with Gasteiger partial charge in [-0.25, -0.2) is 4.98 Å². The Labute approximate surface area is 217 Å². The van der Waals surface area contributed by atoms with Gasteiger partial charge in [-0.1, -0.05) is 66.7 Å². The monoisotopic (exact) mass is 492 g/mol. The number of hydrogen-bond acceptors (Lipinski definition) is 5. The van der Waals surface area contributed by atoms with Gasteiger partial charge < -0.3 is 19.2 Å². The molecule has 1 unspecified atom stereocenters. The third-order valence-corrected chi connectivity index (χ3v) is 6.64. The molecule has 0 saturated carbocycles. The first-order valence-corrected chi connectivity index (χ1v) is 13.1. The van der Waals surface area contributed by atoms with Gasteiger partial charge in [0.2, 0.25) is 5.89 Å². The first-order valence-electron chi connectivity index (χ1n) is 13.1. The van der Waals surface area contributed by atoms with E-state index in [1.54, 1.807) is 6.26 Å². The molecular formula is C31H44N2O3. The van der Waals surface area contributed by atoms with Crippen molar-refractivity contribution in [2.24, 2.45) is 0 Å². The van der Waals surface area contributed by atoms with Gasteiger partial charge in [-0.15, -0.1) is 0 Å². The number of unbranched alkanes of at least 4 members (excludes halogenated alkanes) is 1. The maximum Gasteiger partial charge on any atom is 0.226 e. The minimum atomic E-state index is -0.222. The first kappa shape index (κ1) is 27.8. The first-order chi connectivity index (χ1) is 16.9. The van der Waals surface area contributed by atoms with Crippen LogP contribution in [0.5, 0.6) is 11.5 Å². The number of oxazole rings is 1. The number of phenolic OH excluding ortho intramolecular Hbond substituents is 1. The van der Waals surface area contributed by atoms with Crippen molar-refractivity contribution in [2.45, 2.75) is 84.7 Å². The zero-order valence-corrected chi connectivity index (χ0v) is 23.4. The maximum atomic E-state index is 11.1. The number of aromatic nitrogens is 1. The van der Waals surface area contributed by atoms with E-state index in [1.807, 2.05) is 42.5 Å². The predicted octanol–water partition coefficient (Wildman–Crippen LogP) is 7.88. The van der Waals surface area contributed by atoms with E-state index < -0.39 is 0 Å². The summed E-state index contributed by atoms with van der Waals surface area (Å²) in [5, 5.41) is 11.1. The third-order valence-electron chi connectivity index (χ3n) is 6.64. The number of para-hydroxylation sites is 1. The van der Waals surface area contributed by atoms with Gasteiger partial charge in [-0.05, 0) is 74.5 Å². The van der Waals surface area contributed by atoms with Crippen molar-refractivity contribution >= 4 is 0 Å². The Hall–Kier alpha value is -2.79. The van der Waals surface area contributed by atoms with Crippen LogP contribution >= 0.6 is 0 Å². The van der Waals surface area contributed by atoms with Crippen LogP contribution in [-0.4, -0.2) is 35.1 Å². The second-order valence-electron chi connectivity index (χ2n) is 11.8. The molecule has 1 aromatic heterocycles. The molecule has 0 aliphatic rings. The van der Waals surface area contributed by atoms with Crippen molar-refractivity contribution in [3.05, 3.63) is 65.5 Å². The topological polar surface area (TPSA) is 58.7 Å². The lowest BCUT2D eigenvalue weighted by Gasteiger charge is -2.27. The number of hydrogen-bond donors (Lipinski definition) is 1. The SMILES string of the molecule is CCN(C)CCCCC(Oc1ccccc1)c1coc(-c2cc(C(C)(C)C)c(O)c(C(C)(C)C)c2)n1. The molecule has 0 aliphatic heterocycles. The highest BCUT2D eigenvalue weighted by Gasteiger charge is 2.28. The summed E-state index contributed by atoms with van der Waals surface area (Å²) in [6, 6.07) is 13.9. The zero-order valence-electron chi connectivity index (χ0n) is 23.4. The minimum Gasteiger partial charge on any atom is -0.507 e. The molecule has 1 heterocycles. The molecule has 0 aliphatic carbocycles. The van der Waals surface area contributed by atoms with Crippen LogP contribution in [0.1, 0.15) is 90.7 Å². The van der Waals surface area contributed by atoms with Crippen LogP contribution in [0.25, 0.3) is 11.5 Å². The molecule has 1 atom stereocenters. The Balaban J connectivity index is 1.93. The number of ether oxygens (including phenoxy) is 1. The fraction of sp³-hybridized carbons (Fsp3) is 0.516. The van der Waals surface area contributed by atoms with Crippen molar-refractivity contribution in [3.8, 4) is 23.0 Å². The van der Waals surface area contributed by atoms with Gasteiger partial charge in [0.15, 0.2) is 0 Å². The summed E-state index contributed by atoms with van der Waals surface area (Å²) in [5.41, 5.74) is 3.00. The van der Waals surface area contributed by atoms with Crippen LogP contribution in [0, 0.1) is 0 Å². The standard InChI is InChI=1S/C31H44N2O3/c1-9-33(8)18-14-13-17-27(36-23-15-11-10-12-16-23)26-21-35-29(32-26)22-19-24(30(2,3)4)28(34)25(20-22)31(5,6)7/h10-12,15-16,19-21,27,34H,9,13-14,17-18H2,1-8H3. The molecule has 196 valence electrons. The minimum absolute atomic E-state index is 0.196. The van der Waals surface area contributed by atoms with Crippen molar-refractivity contribution in [2.75, 3.05) is 20.1 Å². The van der Waals surface area contributed by atoms with E-state index in [9.17, 15) is 5.11 Å². The second kappa shape index (κ2) is 11.5. The van der Waals surface area contributed by atoms with E-state index in [2.05, 4.69) is 60.4 Å². The van der Waals surface area contributed by atoms with Gasteiger partial charge >= 0.3 is 0 Å². The summed E-state index contributed by atoms with van der Waals surface area (Å²) in [4.78, 5) is 7.22. The van der Waals surface area contributed by atoms with Crippen LogP contribution in [0.4, 0.5) is 0 Å². The molecule has 0 saturated heterocycles. The average molecular weight is 493 g/mol. The Morgan fingerprint density at radius 3 is 2.14 bits per heavy atom. The van der Waals surface area contributed by atoms with Crippen molar-refractivity contribution in [3.63, 3.8) is 0 Å². The van der Waals surface area contributed by atoms with Gasteiger partial charge in [0.1, 0.15) is 29.6 Å². The van der Waals surface area contributed by atoms with E-state index in [4.69, 9.17) is 14.1 Å². The third kappa shape index (κ3) is 7.13. The van der Waals surface area contributed by atoms with Crippen LogP contribution in [0.15, 0.2) is 53.1 Å². The van der Waals surface area contributed by atoms with Crippen LogP contribution < -0.4 is 4.74 Å². The molecule has 3 rings (SSSR count). The number of aromatic hydroxyl groups is 1. The highest BCUT2D eigenvalue weighted by atomic mass is 16.5. The Bertz CT molecular complexity index is 1070. The fourth-order valence-corrected chi connectivity index (χ4v) is 4.27. The average Bonchev–Trinajstić information content (AvgIpc) is 3.30. The summed E-state index contributed by atoms with van der Waals surface area (Å²) < 4.78 is 12.4. The van der Waals surface area contributed by atoms with Crippen molar-refractivity contribution in [1.29, 1.82) is 0 Å². The lowest BCUT2D eigenvalue weighted by Crippen LogP contribution is -2.19. The highest BCUT2D eigenvalue weighted by Crippen LogP contribution is 2.42. The molecule has 36 heavy (non-hydrogen) atoms. The predicted molar refractivity (Wildman–Crippen MR) is 148 cm³/mol. The maximum absolute atomic E-state index is 11.1. The lowest BCUT2D eigenvalue weighted by atomic mass is 9.78. The summed E-state index contributed by atoms with van der Waals surface area (Å²) in [7, 11) is 2.15. The molecule has 0 radical (unpaired) electrons. The summed E-state index contributed by atoms with van der Waals surface area (Å²) in [6.07, 6.45) is 4.52. The van der Waals surface area contributed by atoms with Crippen molar-refractivity contribution in [1.82, 2.24) is 9.88 Å². The largest absolute Gasteiger partial charge is 0.507 e. The summed E-state index contributed by atoms with van der Waals surface area (Å²) in [6.45, 7) is 17.0. The molecule has 3 aromatic rings. The lowest BCUT2D eigenvalue weighted by molar-refractivity contribution is 0.183. The van der Waals surface area contributed by atoms with Gasteiger partial charge in [-0.2, -0.15) is 0 Å². The van der Waals surface area contributed by atoms with Gasteiger partial charge in [0.25, 0.3) is 0 Å². The number of nitrogens with zero attached hydrogens (tertiary/aromatic N) is 2. The Morgan fingerprint density at radius 2 is 1.58 bits per heavy atom. The fourth-order valence-electron chi connectivity index (χ4n) is 4.27. The van der Waals surface area contributed by atoms with E-state index >= 15 is 0 Å². The zero-order chi connectivity index (χ0) is 26.5. The number of rotatable bonds is 10. The molecule has 1 N–H and O–H groups in total. The van der Waals surface area contributed by atoms with Gasteiger partial charge in [0, 0.05) is 16.7 Å².